The molecule has 0 bridgehead atoms. The summed E-state index contributed by atoms with van der Waals surface area (Å²) < 4.78 is 57.5. The van der Waals surface area contributed by atoms with E-state index in [1.54, 1.807) is 25.1 Å². The lowest BCUT2D eigenvalue weighted by Gasteiger charge is -2.44. The molecule has 3 rings (SSSR count). The lowest BCUT2D eigenvalue weighted by molar-refractivity contribution is 0.0803. The molecule has 0 N–H and O–H groups in total. The Balaban J connectivity index is 1.93. The quantitative estimate of drug-likeness (QED) is 0.254. The summed E-state index contributed by atoms with van der Waals surface area (Å²) in [6, 6.07) is 11.6. The third kappa shape index (κ3) is 5.47. The molecule has 1 aliphatic rings. The van der Waals surface area contributed by atoms with Crippen LogP contribution in [-0.4, -0.2) is 32.9 Å². The highest BCUT2D eigenvalue weighted by Gasteiger charge is 2.53. The molecule has 6 nitrogen and oxygen atoms in total. The van der Waals surface area contributed by atoms with Crippen LogP contribution in [0.2, 0.25) is 0 Å². The molecular weight excluding hydrogens is 506 g/mol. The number of azo groups is 1. The predicted molar refractivity (Wildman–Crippen MR) is 144 cm³/mol. The number of sulfonamides is 1. The first-order valence-electron chi connectivity index (χ1n) is 12.5. The van der Waals surface area contributed by atoms with Crippen LogP contribution in [0.1, 0.15) is 51.7 Å². The van der Waals surface area contributed by atoms with Gasteiger partial charge in [-0.05, 0) is 71.6 Å². The van der Waals surface area contributed by atoms with E-state index in [0.717, 1.165) is 12.8 Å². The van der Waals surface area contributed by atoms with Crippen LogP contribution in [0.4, 0.5) is 8.78 Å². The Morgan fingerprint density at radius 3 is 2.42 bits per heavy atom. The van der Waals surface area contributed by atoms with E-state index in [-0.39, 0.29) is 40.7 Å². The molecule has 2 unspecified atom stereocenters. The predicted octanol–water partition coefficient (Wildman–Crippen LogP) is 6.97. The number of nitriles is 1. The van der Waals surface area contributed by atoms with Crippen LogP contribution >= 0.6 is 0 Å². The number of hydrogen-bond donors (Lipinski definition) is 0. The molecule has 0 aromatic heterocycles. The Morgan fingerprint density at radius 1 is 1.21 bits per heavy atom. The highest BCUT2D eigenvalue weighted by molar-refractivity contribution is 7.89. The molecule has 1 fully saturated rings. The van der Waals surface area contributed by atoms with Crippen LogP contribution in [0.3, 0.4) is 0 Å². The fraction of sp³-hybridized carbons (Fsp3) is 0.414. The minimum Gasteiger partial charge on any atom is -0.207 e. The molecule has 2 aromatic rings. The van der Waals surface area contributed by atoms with Gasteiger partial charge in [-0.1, -0.05) is 46.4 Å². The number of benzene rings is 2. The molecule has 9 heteroatoms. The van der Waals surface area contributed by atoms with E-state index < -0.39 is 32.5 Å². The van der Waals surface area contributed by atoms with Gasteiger partial charge < -0.3 is 0 Å². The van der Waals surface area contributed by atoms with E-state index in [0.29, 0.717) is 5.57 Å². The number of nitrogens with zero attached hydrogens (tertiary/aromatic N) is 4. The van der Waals surface area contributed by atoms with Gasteiger partial charge in [0, 0.05) is 20.1 Å². The number of allylic oxidation sites excluding steroid dienone is 2. The normalized spacial score (nSPS) is 21.7. The van der Waals surface area contributed by atoms with Gasteiger partial charge in [-0.15, -0.1) is 0 Å². The fourth-order valence-corrected chi connectivity index (χ4v) is 7.03. The van der Waals surface area contributed by atoms with Crippen molar-refractivity contribution in [2.45, 2.75) is 45.4 Å². The van der Waals surface area contributed by atoms with Crippen LogP contribution in [0, 0.1) is 39.7 Å². The van der Waals surface area contributed by atoms with Gasteiger partial charge in [0.1, 0.15) is 11.6 Å². The fourth-order valence-electron chi connectivity index (χ4n) is 5.41. The molecule has 0 amide bonds. The minimum atomic E-state index is -3.83. The molecular formula is C29H34F2N4O2S. The lowest BCUT2D eigenvalue weighted by Crippen LogP contribution is -2.46. The SMILES string of the molecule is C=C(/C=C(\N=NC)c1c(F)cccc1F)C1CCC(C)(CN(CC)S(=O)(=O)c2cccc(C#N)c2)C1(C)C. The molecule has 0 heterocycles. The molecule has 38 heavy (non-hydrogen) atoms. The summed E-state index contributed by atoms with van der Waals surface area (Å²) >= 11 is 0. The van der Waals surface area contributed by atoms with Gasteiger partial charge in [-0.3, -0.25) is 0 Å². The number of halogens is 2. The largest absolute Gasteiger partial charge is 0.243 e. The molecule has 2 aromatic carbocycles. The molecule has 1 saturated carbocycles. The zero-order chi connectivity index (χ0) is 28.3. The van der Waals surface area contributed by atoms with Gasteiger partial charge in [0.25, 0.3) is 0 Å². The maximum atomic E-state index is 14.5. The Labute approximate surface area is 224 Å². The summed E-state index contributed by atoms with van der Waals surface area (Å²) in [7, 11) is -2.40. The van der Waals surface area contributed by atoms with Crippen molar-refractivity contribution in [3.05, 3.63) is 83.5 Å². The van der Waals surface area contributed by atoms with Gasteiger partial charge in [0.2, 0.25) is 10.0 Å². The highest BCUT2D eigenvalue weighted by Crippen LogP contribution is 2.58. The maximum absolute atomic E-state index is 14.5. The third-order valence-electron chi connectivity index (χ3n) is 8.09. The van der Waals surface area contributed by atoms with Crippen LogP contribution in [0.25, 0.3) is 5.70 Å². The third-order valence-corrected chi connectivity index (χ3v) is 10.0. The van der Waals surface area contributed by atoms with Gasteiger partial charge in [-0.2, -0.15) is 19.8 Å². The van der Waals surface area contributed by atoms with Crippen LogP contribution in [0.15, 0.2) is 75.8 Å². The van der Waals surface area contributed by atoms with Gasteiger partial charge in [0.15, 0.2) is 0 Å². The Bertz CT molecular complexity index is 1410. The van der Waals surface area contributed by atoms with Crippen molar-refractivity contribution in [1.29, 1.82) is 5.26 Å². The van der Waals surface area contributed by atoms with Crippen LogP contribution in [-0.2, 0) is 10.0 Å². The number of hydrogen-bond acceptors (Lipinski definition) is 5. The second-order valence-corrected chi connectivity index (χ2v) is 12.4. The first-order chi connectivity index (χ1) is 17.8. The summed E-state index contributed by atoms with van der Waals surface area (Å²) in [6.07, 6.45) is 3.02. The van der Waals surface area contributed by atoms with Crippen molar-refractivity contribution in [3.63, 3.8) is 0 Å². The van der Waals surface area contributed by atoms with Crippen molar-refractivity contribution in [2.24, 2.45) is 27.0 Å². The number of rotatable bonds is 9. The summed E-state index contributed by atoms with van der Waals surface area (Å²) in [4.78, 5) is 0.0863. The van der Waals surface area contributed by atoms with Crippen molar-refractivity contribution in [1.82, 2.24) is 4.31 Å². The Kier molecular flexibility index (Phi) is 8.69. The molecule has 0 spiro atoms. The van der Waals surface area contributed by atoms with E-state index >= 15 is 0 Å². The molecule has 2 atom stereocenters. The summed E-state index contributed by atoms with van der Waals surface area (Å²) in [5.41, 5.74) is -0.130. The summed E-state index contributed by atoms with van der Waals surface area (Å²) in [6.45, 7) is 12.8. The molecule has 0 saturated heterocycles. The topological polar surface area (TPSA) is 85.9 Å². The summed E-state index contributed by atoms with van der Waals surface area (Å²) in [5, 5.41) is 17.0. The average molecular weight is 541 g/mol. The highest BCUT2D eigenvalue weighted by atomic mass is 32.2. The smallest absolute Gasteiger partial charge is 0.207 e. The van der Waals surface area contributed by atoms with E-state index in [1.807, 2.05) is 6.07 Å². The van der Waals surface area contributed by atoms with Crippen molar-refractivity contribution in [3.8, 4) is 6.07 Å². The molecule has 0 radical (unpaired) electrons. The second kappa shape index (κ2) is 11.3. The van der Waals surface area contributed by atoms with E-state index in [4.69, 9.17) is 0 Å². The van der Waals surface area contributed by atoms with Crippen molar-refractivity contribution >= 4 is 15.7 Å². The molecule has 202 valence electrons. The lowest BCUT2D eigenvalue weighted by atomic mass is 9.64. The zero-order valence-corrected chi connectivity index (χ0v) is 23.3. The molecule has 0 aliphatic heterocycles. The van der Waals surface area contributed by atoms with Crippen molar-refractivity contribution in [2.75, 3.05) is 20.1 Å². The maximum Gasteiger partial charge on any atom is 0.243 e. The standard InChI is InChI=1S/C29H34F2N4O2S/c1-7-35(38(36,37)22-11-8-10-21(17-22)18-32)19-29(5)15-14-23(28(29,3)4)20(2)16-26(34-33-6)27-24(30)12-9-13-25(27)31/h8-13,16-17,23H,2,7,14-15,19H2,1,3-6H3/b26-16-,34-33?. The second-order valence-electron chi connectivity index (χ2n) is 10.4. The Hall–Kier alpha value is -3.22. The van der Waals surface area contributed by atoms with E-state index in [1.165, 1.54) is 41.7 Å². The summed E-state index contributed by atoms with van der Waals surface area (Å²) in [5.74, 6) is -1.57. The average Bonchev–Trinajstić information content (AvgIpc) is 3.10. The van der Waals surface area contributed by atoms with Gasteiger partial charge in [0.05, 0.1) is 27.8 Å². The Morgan fingerprint density at radius 2 is 1.84 bits per heavy atom. The van der Waals surface area contributed by atoms with Gasteiger partial charge >= 0.3 is 0 Å². The first kappa shape index (κ1) is 29.3. The van der Waals surface area contributed by atoms with Crippen molar-refractivity contribution < 1.29 is 17.2 Å². The van der Waals surface area contributed by atoms with E-state index in [2.05, 4.69) is 37.6 Å². The van der Waals surface area contributed by atoms with Gasteiger partial charge in [-0.25, -0.2) is 17.2 Å². The minimum absolute atomic E-state index is 0.0487. The molecule has 1 aliphatic carbocycles. The first-order valence-corrected chi connectivity index (χ1v) is 13.9. The van der Waals surface area contributed by atoms with Crippen LogP contribution < -0.4 is 0 Å². The monoisotopic (exact) mass is 540 g/mol. The van der Waals surface area contributed by atoms with E-state index in [9.17, 15) is 22.5 Å². The zero-order valence-electron chi connectivity index (χ0n) is 22.5. The van der Waals surface area contributed by atoms with Crippen LogP contribution in [0.5, 0.6) is 0 Å².